The van der Waals surface area contributed by atoms with Crippen LogP contribution in [0.4, 0.5) is 5.69 Å². The van der Waals surface area contributed by atoms with E-state index < -0.39 is 0 Å². The molecule has 2 aromatic carbocycles. The Balaban J connectivity index is 2.02. The number of rotatable bonds is 3. The van der Waals surface area contributed by atoms with E-state index in [-0.39, 0.29) is 0 Å². The van der Waals surface area contributed by atoms with Gasteiger partial charge in [-0.05, 0) is 55.7 Å². The maximum absolute atomic E-state index is 5.50. The monoisotopic (exact) mass is 298 g/mol. The molecule has 110 valence electrons. The first kappa shape index (κ1) is 15.5. The van der Waals surface area contributed by atoms with Crippen LogP contribution in [0, 0.1) is 20.8 Å². The lowest BCUT2D eigenvalue weighted by Crippen LogP contribution is -2.30. The number of hydrogen-bond donors (Lipinski definition) is 1. The highest BCUT2D eigenvalue weighted by Gasteiger charge is 2.07. The Morgan fingerprint density at radius 2 is 1.62 bits per heavy atom. The van der Waals surface area contributed by atoms with Gasteiger partial charge in [-0.3, -0.25) is 0 Å². The third-order valence-corrected chi connectivity index (χ3v) is 3.94. The van der Waals surface area contributed by atoms with Crippen LogP contribution in [0.3, 0.4) is 0 Å². The highest BCUT2D eigenvalue weighted by Crippen LogP contribution is 2.17. The van der Waals surface area contributed by atoms with Crippen molar-refractivity contribution in [2.24, 2.45) is 0 Å². The lowest BCUT2D eigenvalue weighted by Gasteiger charge is -2.22. The molecule has 3 heteroatoms. The minimum Gasteiger partial charge on any atom is -0.348 e. The first-order valence-electron chi connectivity index (χ1n) is 7.10. The fourth-order valence-corrected chi connectivity index (χ4v) is 2.29. The van der Waals surface area contributed by atoms with E-state index in [1.165, 1.54) is 22.3 Å². The van der Waals surface area contributed by atoms with Crippen molar-refractivity contribution in [1.82, 2.24) is 4.90 Å². The van der Waals surface area contributed by atoms with Crippen molar-refractivity contribution in [2.75, 3.05) is 12.4 Å². The van der Waals surface area contributed by atoms with Crippen LogP contribution in [0.15, 0.2) is 42.5 Å². The van der Waals surface area contributed by atoms with E-state index in [9.17, 15) is 0 Å². The smallest absolute Gasteiger partial charge is 0.173 e. The fraction of sp³-hybridized carbons (Fsp3) is 0.278. The second kappa shape index (κ2) is 6.72. The summed E-state index contributed by atoms with van der Waals surface area (Å²) in [5.74, 6) is 0. The Morgan fingerprint density at radius 1 is 1.00 bits per heavy atom. The molecule has 2 rings (SSSR count). The molecular weight excluding hydrogens is 276 g/mol. The summed E-state index contributed by atoms with van der Waals surface area (Å²) in [6.07, 6.45) is 0. The highest BCUT2D eigenvalue weighted by atomic mass is 32.1. The molecule has 0 radical (unpaired) electrons. The van der Waals surface area contributed by atoms with Crippen molar-refractivity contribution in [3.05, 3.63) is 64.7 Å². The first-order valence-corrected chi connectivity index (χ1v) is 7.51. The molecular formula is C18H22N2S. The quantitative estimate of drug-likeness (QED) is 0.843. The van der Waals surface area contributed by atoms with Crippen LogP contribution < -0.4 is 5.32 Å². The summed E-state index contributed by atoms with van der Waals surface area (Å²) in [4.78, 5) is 2.06. The predicted molar refractivity (Wildman–Crippen MR) is 94.8 cm³/mol. The van der Waals surface area contributed by atoms with E-state index in [4.69, 9.17) is 12.2 Å². The minimum absolute atomic E-state index is 0.740. The largest absolute Gasteiger partial charge is 0.348 e. The van der Waals surface area contributed by atoms with Crippen LogP contribution >= 0.6 is 12.2 Å². The molecule has 0 aliphatic carbocycles. The fourth-order valence-electron chi connectivity index (χ4n) is 2.12. The van der Waals surface area contributed by atoms with Gasteiger partial charge in [-0.1, -0.05) is 42.0 Å². The van der Waals surface area contributed by atoms with E-state index in [1.807, 2.05) is 7.05 Å². The standard InChI is InChI=1S/C18H22N2S/c1-13-6-9-16(10-7-13)12-20(4)18(21)19-17-11-14(2)5-8-15(17)3/h5-11H,12H2,1-4H3,(H,19,21). The number of nitrogens with one attached hydrogen (secondary N) is 1. The molecule has 0 atom stereocenters. The number of nitrogens with zero attached hydrogens (tertiary/aromatic N) is 1. The zero-order chi connectivity index (χ0) is 15.4. The predicted octanol–water partition coefficient (Wildman–Crippen LogP) is 4.44. The third-order valence-electron chi connectivity index (χ3n) is 3.52. The number of anilines is 1. The van der Waals surface area contributed by atoms with Crippen molar-refractivity contribution in [1.29, 1.82) is 0 Å². The molecule has 2 nitrogen and oxygen atoms in total. The van der Waals surface area contributed by atoms with Gasteiger partial charge in [0.2, 0.25) is 0 Å². The average molecular weight is 298 g/mol. The van der Waals surface area contributed by atoms with Gasteiger partial charge in [0, 0.05) is 19.3 Å². The molecule has 0 saturated heterocycles. The molecule has 0 amide bonds. The molecule has 0 fully saturated rings. The summed E-state index contributed by atoms with van der Waals surface area (Å²) in [6, 6.07) is 14.9. The van der Waals surface area contributed by atoms with Gasteiger partial charge in [-0.25, -0.2) is 0 Å². The molecule has 0 spiro atoms. The number of aryl methyl sites for hydroxylation is 3. The second-order valence-corrected chi connectivity index (χ2v) is 5.98. The molecule has 0 saturated carbocycles. The van der Waals surface area contributed by atoms with Gasteiger partial charge in [0.05, 0.1) is 0 Å². The Labute approximate surface area is 132 Å². The molecule has 0 aromatic heterocycles. The minimum atomic E-state index is 0.740. The van der Waals surface area contributed by atoms with Crippen LogP contribution in [-0.2, 0) is 6.54 Å². The van der Waals surface area contributed by atoms with Crippen LogP contribution in [-0.4, -0.2) is 17.1 Å². The molecule has 0 aliphatic heterocycles. The van der Waals surface area contributed by atoms with Crippen molar-refractivity contribution in [3.63, 3.8) is 0 Å². The highest BCUT2D eigenvalue weighted by molar-refractivity contribution is 7.80. The summed E-state index contributed by atoms with van der Waals surface area (Å²) in [5, 5.41) is 4.08. The molecule has 0 bridgehead atoms. The van der Waals surface area contributed by atoms with Gasteiger partial charge in [0.15, 0.2) is 5.11 Å². The lowest BCUT2D eigenvalue weighted by molar-refractivity contribution is 0.508. The Morgan fingerprint density at radius 3 is 2.29 bits per heavy atom. The van der Waals surface area contributed by atoms with E-state index in [0.29, 0.717) is 0 Å². The lowest BCUT2D eigenvalue weighted by atomic mass is 10.1. The zero-order valence-electron chi connectivity index (χ0n) is 13.1. The number of thiocarbonyl (C=S) groups is 1. The van der Waals surface area contributed by atoms with Gasteiger partial charge < -0.3 is 10.2 Å². The van der Waals surface area contributed by atoms with E-state index in [0.717, 1.165) is 17.3 Å². The van der Waals surface area contributed by atoms with Crippen molar-refractivity contribution < 1.29 is 0 Å². The van der Waals surface area contributed by atoms with Crippen molar-refractivity contribution in [3.8, 4) is 0 Å². The van der Waals surface area contributed by atoms with E-state index in [2.05, 4.69) is 73.5 Å². The second-order valence-electron chi connectivity index (χ2n) is 5.59. The molecule has 0 unspecified atom stereocenters. The molecule has 0 heterocycles. The molecule has 21 heavy (non-hydrogen) atoms. The molecule has 1 N–H and O–H groups in total. The van der Waals surface area contributed by atoms with E-state index in [1.54, 1.807) is 0 Å². The van der Waals surface area contributed by atoms with Gasteiger partial charge in [0.1, 0.15) is 0 Å². The Bertz CT molecular complexity index is 632. The summed E-state index contributed by atoms with van der Waals surface area (Å²) < 4.78 is 0. The van der Waals surface area contributed by atoms with Gasteiger partial charge in [0.25, 0.3) is 0 Å². The zero-order valence-corrected chi connectivity index (χ0v) is 13.9. The van der Waals surface area contributed by atoms with Gasteiger partial charge >= 0.3 is 0 Å². The van der Waals surface area contributed by atoms with E-state index >= 15 is 0 Å². The summed E-state index contributed by atoms with van der Waals surface area (Å²) in [7, 11) is 2.01. The van der Waals surface area contributed by atoms with Crippen LogP contribution in [0.25, 0.3) is 0 Å². The van der Waals surface area contributed by atoms with Crippen LogP contribution in [0.2, 0.25) is 0 Å². The van der Waals surface area contributed by atoms with Gasteiger partial charge in [-0.2, -0.15) is 0 Å². The molecule has 2 aromatic rings. The summed E-state index contributed by atoms with van der Waals surface area (Å²) >= 11 is 5.50. The Kier molecular flexibility index (Phi) is 4.97. The Hall–Kier alpha value is -1.87. The molecule has 0 aliphatic rings. The van der Waals surface area contributed by atoms with Gasteiger partial charge in [-0.15, -0.1) is 0 Å². The van der Waals surface area contributed by atoms with Crippen LogP contribution in [0.1, 0.15) is 22.3 Å². The number of benzene rings is 2. The summed E-state index contributed by atoms with van der Waals surface area (Å²) in [5.41, 5.74) is 6.04. The SMILES string of the molecule is Cc1ccc(CN(C)C(=S)Nc2cc(C)ccc2C)cc1. The maximum atomic E-state index is 5.50. The average Bonchev–Trinajstić information content (AvgIpc) is 2.45. The summed E-state index contributed by atoms with van der Waals surface area (Å²) in [6.45, 7) is 7.07. The van der Waals surface area contributed by atoms with Crippen molar-refractivity contribution in [2.45, 2.75) is 27.3 Å². The third kappa shape index (κ3) is 4.30. The maximum Gasteiger partial charge on any atom is 0.173 e. The number of hydrogen-bond acceptors (Lipinski definition) is 1. The van der Waals surface area contributed by atoms with Crippen LogP contribution in [0.5, 0.6) is 0 Å². The normalized spacial score (nSPS) is 10.3. The van der Waals surface area contributed by atoms with Crippen molar-refractivity contribution >= 4 is 23.0 Å². The topological polar surface area (TPSA) is 15.3 Å². The first-order chi connectivity index (χ1) is 9.95.